The minimum absolute atomic E-state index is 0.0255. The van der Waals surface area contributed by atoms with Crippen molar-refractivity contribution in [1.29, 1.82) is 0 Å². The lowest BCUT2D eigenvalue weighted by Crippen LogP contribution is -2.54. The number of hydrogen-bond donors (Lipinski definition) is 1. The fourth-order valence-electron chi connectivity index (χ4n) is 6.90. The Kier molecular flexibility index (Phi) is 5.72. The predicted octanol–water partition coefficient (Wildman–Crippen LogP) is 3.12. The normalized spacial score (nSPS) is 32.9. The molecule has 5 fully saturated rings. The van der Waals surface area contributed by atoms with Crippen molar-refractivity contribution < 1.29 is 13.2 Å². The van der Waals surface area contributed by atoms with Crippen molar-refractivity contribution in [3.05, 3.63) is 29.3 Å². The van der Waals surface area contributed by atoms with Crippen LogP contribution in [0.1, 0.15) is 38.5 Å². The molecule has 0 radical (unpaired) electrons. The molecule has 1 amide bonds. The van der Waals surface area contributed by atoms with E-state index in [-0.39, 0.29) is 23.6 Å². The van der Waals surface area contributed by atoms with Crippen LogP contribution in [0.15, 0.2) is 24.3 Å². The van der Waals surface area contributed by atoms with Crippen molar-refractivity contribution in [1.82, 2.24) is 9.62 Å². The first-order valence-corrected chi connectivity index (χ1v) is 13.6. The number of nitrogens with one attached hydrogen (secondary N) is 1. The molecule has 0 aromatic heterocycles. The molecule has 1 aromatic carbocycles. The third-order valence-electron chi connectivity index (χ3n) is 7.97. The quantitative estimate of drug-likeness (QED) is 0.700. The monoisotopic (exact) mass is 465 g/mol. The van der Waals surface area contributed by atoms with Crippen LogP contribution in [0.3, 0.4) is 0 Å². The Morgan fingerprint density at radius 2 is 1.65 bits per heavy atom. The molecule has 1 N–H and O–H groups in total. The molecule has 0 atom stereocenters. The number of anilines is 1. The largest absolute Gasteiger partial charge is 0.369 e. The SMILES string of the molecule is O=C(NCCS(=O)(=O)N1CCN(c2cccc(Cl)c2)CC1)C12CC3CC(CC(C3)C1)C2. The van der Waals surface area contributed by atoms with Gasteiger partial charge in [-0.2, -0.15) is 4.31 Å². The Hall–Kier alpha value is -1.31. The van der Waals surface area contributed by atoms with Crippen molar-refractivity contribution in [3.8, 4) is 0 Å². The first-order valence-electron chi connectivity index (χ1n) is 11.6. The van der Waals surface area contributed by atoms with Gasteiger partial charge in [0.1, 0.15) is 0 Å². The van der Waals surface area contributed by atoms with Crippen LogP contribution in [0.25, 0.3) is 0 Å². The number of sulfonamides is 1. The Morgan fingerprint density at radius 1 is 1.03 bits per heavy atom. The average Bonchev–Trinajstić information content (AvgIpc) is 2.73. The third-order valence-corrected chi connectivity index (χ3v) is 10.1. The van der Waals surface area contributed by atoms with Crippen LogP contribution in [0.2, 0.25) is 5.02 Å². The lowest BCUT2D eigenvalue weighted by atomic mass is 9.49. The second-order valence-electron chi connectivity index (χ2n) is 10.1. The van der Waals surface area contributed by atoms with Crippen molar-refractivity contribution in [2.45, 2.75) is 38.5 Å². The number of rotatable bonds is 6. The van der Waals surface area contributed by atoms with E-state index in [4.69, 9.17) is 11.6 Å². The number of carbonyl (C=O) groups excluding carboxylic acids is 1. The van der Waals surface area contributed by atoms with Crippen molar-refractivity contribution in [2.24, 2.45) is 23.2 Å². The molecule has 0 unspecified atom stereocenters. The van der Waals surface area contributed by atoms with Crippen LogP contribution in [0.5, 0.6) is 0 Å². The molecule has 170 valence electrons. The molecule has 1 saturated heterocycles. The lowest BCUT2D eigenvalue weighted by Gasteiger charge is -2.55. The maximum atomic E-state index is 13.0. The first kappa shape index (κ1) is 21.5. The number of hydrogen-bond acceptors (Lipinski definition) is 4. The molecule has 5 aliphatic rings. The molecule has 0 spiro atoms. The van der Waals surface area contributed by atoms with Crippen LogP contribution in [-0.2, 0) is 14.8 Å². The van der Waals surface area contributed by atoms with Gasteiger partial charge < -0.3 is 10.2 Å². The summed E-state index contributed by atoms with van der Waals surface area (Å²) in [6, 6.07) is 7.65. The van der Waals surface area contributed by atoms with E-state index in [1.807, 2.05) is 24.3 Å². The van der Waals surface area contributed by atoms with Gasteiger partial charge in [-0.25, -0.2) is 8.42 Å². The van der Waals surface area contributed by atoms with E-state index in [0.29, 0.717) is 49.0 Å². The smallest absolute Gasteiger partial charge is 0.226 e. The minimum Gasteiger partial charge on any atom is -0.369 e. The molecule has 8 heteroatoms. The fourth-order valence-corrected chi connectivity index (χ4v) is 8.42. The van der Waals surface area contributed by atoms with Crippen LogP contribution in [0.4, 0.5) is 5.69 Å². The van der Waals surface area contributed by atoms with Crippen molar-refractivity contribution >= 4 is 33.2 Å². The first-order chi connectivity index (χ1) is 14.8. The van der Waals surface area contributed by atoms with Gasteiger partial charge in [0.05, 0.1) is 5.75 Å². The number of nitrogens with zero attached hydrogens (tertiary/aromatic N) is 2. The highest BCUT2D eigenvalue weighted by molar-refractivity contribution is 7.89. The molecule has 31 heavy (non-hydrogen) atoms. The Morgan fingerprint density at radius 3 is 2.23 bits per heavy atom. The molecule has 6 nitrogen and oxygen atoms in total. The second-order valence-corrected chi connectivity index (χ2v) is 12.7. The fraction of sp³-hybridized carbons (Fsp3) is 0.696. The van der Waals surface area contributed by atoms with E-state index in [1.54, 1.807) is 4.31 Å². The van der Waals surface area contributed by atoms with Crippen LogP contribution < -0.4 is 10.2 Å². The highest BCUT2D eigenvalue weighted by atomic mass is 35.5. The number of benzene rings is 1. The number of piperazine rings is 1. The van der Waals surface area contributed by atoms with E-state index in [1.165, 1.54) is 19.3 Å². The zero-order chi connectivity index (χ0) is 21.6. The highest BCUT2D eigenvalue weighted by Crippen LogP contribution is 2.60. The minimum atomic E-state index is -3.38. The Labute approximate surface area is 190 Å². The topological polar surface area (TPSA) is 69.7 Å². The summed E-state index contributed by atoms with van der Waals surface area (Å²) in [7, 11) is -3.38. The van der Waals surface area contributed by atoms with E-state index >= 15 is 0 Å². The van der Waals surface area contributed by atoms with Gasteiger partial charge >= 0.3 is 0 Å². The van der Waals surface area contributed by atoms with Gasteiger partial charge in [-0.3, -0.25) is 4.79 Å². The van der Waals surface area contributed by atoms with Gasteiger partial charge in [0, 0.05) is 48.8 Å². The highest BCUT2D eigenvalue weighted by Gasteiger charge is 2.54. The molecular formula is C23H32ClN3O3S. The maximum Gasteiger partial charge on any atom is 0.226 e. The molecule has 4 bridgehead atoms. The molecule has 4 aliphatic carbocycles. The summed E-state index contributed by atoms with van der Waals surface area (Å²) in [6.07, 6.45) is 6.89. The lowest BCUT2D eigenvalue weighted by molar-refractivity contribution is -0.146. The summed E-state index contributed by atoms with van der Waals surface area (Å²) in [5, 5.41) is 3.69. The number of carbonyl (C=O) groups is 1. The molecular weight excluding hydrogens is 434 g/mol. The van der Waals surface area contributed by atoms with E-state index in [0.717, 1.165) is 24.9 Å². The summed E-state index contributed by atoms with van der Waals surface area (Å²) in [6.45, 7) is 2.39. The van der Waals surface area contributed by atoms with Gasteiger partial charge in [-0.15, -0.1) is 0 Å². The molecule has 4 saturated carbocycles. The van der Waals surface area contributed by atoms with E-state index in [2.05, 4.69) is 10.2 Å². The van der Waals surface area contributed by atoms with Gasteiger partial charge in [-0.1, -0.05) is 17.7 Å². The second kappa shape index (κ2) is 8.23. The van der Waals surface area contributed by atoms with Gasteiger partial charge in [-0.05, 0) is 74.5 Å². The number of amides is 1. The van der Waals surface area contributed by atoms with Crippen molar-refractivity contribution in [3.63, 3.8) is 0 Å². The Balaban J connectivity index is 1.12. The summed E-state index contributed by atoms with van der Waals surface area (Å²) in [5.74, 6) is 2.19. The third kappa shape index (κ3) is 4.33. The summed E-state index contributed by atoms with van der Waals surface area (Å²) in [5.41, 5.74) is 0.800. The molecule has 1 heterocycles. The van der Waals surface area contributed by atoms with Crippen LogP contribution in [-0.4, -0.2) is 57.1 Å². The summed E-state index contributed by atoms with van der Waals surface area (Å²) < 4.78 is 27.3. The van der Waals surface area contributed by atoms with Gasteiger partial charge in [0.15, 0.2) is 0 Å². The molecule has 6 rings (SSSR count). The van der Waals surface area contributed by atoms with Crippen LogP contribution >= 0.6 is 11.6 Å². The standard InChI is InChI=1S/C23H32ClN3O3S/c24-20-2-1-3-21(13-20)26-5-7-27(8-6-26)31(29,30)9-4-25-22(28)23-14-17-10-18(15-23)12-19(11-17)16-23/h1-3,13,17-19H,4-12,14-16H2,(H,25,28). The van der Waals surface area contributed by atoms with Crippen LogP contribution in [0, 0.1) is 23.2 Å². The summed E-state index contributed by atoms with van der Waals surface area (Å²) in [4.78, 5) is 15.2. The number of halogens is 1. The van der Waals surface area contributed by atoms with Gasteiger partial charge in [0.2, 0.25) is 15.9 Å². The average molecular weight is 466 g/mol. The zero-order valence-electron chi connectivity index (χ0n) is 17.9. The predicted molar refractivity (Wildman–Crippen MR) is 123 cm³/mol. The molecule has 1 aliphatic heterocycles. The van der Waals surface area contributed by atoms with Gasteiger partial charge in [0.25, 0.3) is 0 Å². The maximum absolute atomic E-state index is 13.0. The van der Waals surface area contributed by atoms with Crippen molar-refractivity contribution in [2.75, 3.05) is 43.4 Å². The van der Waals surface area contributed by atoms with E-state index in [9.17, 15) is 13.2 Å². The summed E-state index contributed by atoms with van der Waals surface area (Å²) >= 11 is 6.08. The van der Waals surface area contributed by atoms with E-state index < -0.39 is 10.0 Å². The zero-order valence-corrected chi connectivity index (χ0v) is 19.5. The molecule has 1 aromatic rings. The Bertz CT molecular complexity index is 908.